The van der Waals surface area contributed by atoms with E-state index in [1.54, 1.807) is 0 Å². The van der Waals surface area contributed by atoms with Crippen LogP contribution in [0.1, 0.15) is 32.6 Å². The normalized spacial score (nSPS) is 10.4. The minimum atomic E-state index is -0.112. The van der Waals surface area contributed by atoms with Crippen LogP contribution in [0.25, 0.3) is 0 Å². The van der Waals surface area contributed by atoms with Crippen molar-refractivity contribution in [1.82, 2.24) is 0 Å². The lowest BCUT2D eigenvalue weighted by Gasteiger charge is -2.09. The van der Waals surface area contributed by atoms with Gasteiger partial charge in [0.25, 0.3) is 5.91 Å². The first-order chi connectivity index (χ1) is 12.5. The number of ether oxygens (including phenoxy) is 1. The van der Waals surface area contributed by atoms with E-state index >= 15 is 0 Å². The summed E-state index contributed by atoms with van der Waals surface area (Å²) in [5, 5.41) is 2.94. The van der Waals surface area contributed by atoms with Gasteiger partial charge < -0.3 is 10.1 Å². The minimum Gasteiger partial charge on any atom is -0.489 e. The Balaban J connectivity index is 1.61. The summed E-state index contributed by atoms with van der Waals surface area (Å²) in [6, 6.07) is 21.4. The average Bonchev–Trinajstić information content (AvgIpc) is 2.63. The Morgan fingerprint density at radius 1 is 0.885 bits per heavy atom. The molecule has 0 unspecified atom stereocenters. The molecule has 0 spiro atoms. The fourth-order valence-electron chi connectivity index (χ4n) is 2.65. The summed E-state index contributed by atoms with van der Waals surface area (Å²) in [5.41, 5.74) is 6.00. The van der Waals surface area contributed by atoms with Crippen molar-refractivity contribution in [2.24, 2.45) is 0 Å². The first kappa shape index (κ1) is 17.7. The van der Waals surface area contributed by atoms with Crippen LogP contribution in [0.5, 0.6) is 5.75 Å². The van der Waals surface area contributed by atoms with Crippen molar-refractivity contribution in [2.75, 3.05) is 5.32 Å². The van der Waals surface area contributed by atoms with Gasteiger partial charge in [-0.2, -0.15) is 0 Å². The molecule has 0 aliphatic carbocycles. The Kier molecular flexibility index (Phi) is 5.37. The van der Waals surface area contributed by atoms with Crippen molar-refractivity contribution >= 4 is 11.6 Å². The largest absolute Gasteiger partial charge is 0.489 e. The monoisotopic (exact) mass is 345 g/mol. The second-order valence-corrected chi connectivity index (χ2v) is 6.56. The predicted octanol–water partition coefficient (Wildman–Crippen LogP) is 5.44. The standard InChI is InChI=1S/C23H23NO2/c1-16-5-4-6-22(13-16)26-15-19-8-10-20(11-9-19)23(25)24-21-12-7-17(2)18(3)14-21/h4-14H,15H2,1-3H3,(H,24,25). The molecular formula is C23H23NO2. The fraction of sp³-hybridized carbons (Fsp3) is 0.174. The maximum Gasteiger partial charge on any atom is 0.255 e. The molecule has 0 fully saturated rings. The van der Waals surface area contributed by atoms with E-state index < -0.39 is 0 Å². The SMILES string of the molecule is Cc1cccc(OCc2ccc(C(=O)Nc3ccc(C)c(C)c3)cc2)c1. The molecular weight excluding hydrogens is 322 g/mol. The number of rotatable bonds is 5. The molecule has 0 radical (unpaired) electrons. The number of hydrogen-bond donors (Lipinski definition) is 1. The first-order valence-electron chi connectivity index (χ1n) is 8.68. The van der Waals surface area contributed by atoms with Crippen molar-refractivity contribution in [1.29, 1.82) is 0 Å². The van der Waals surface area contributed by atoms with Gasteiger partial charge in [-0.05, 0) is 79.4 Å². The predicted molar refractivity (Wildman–Crippen MR) is 106 cm³/mol. The van der Waals surface area contributed by atoms with Crippen LogP contribution in [0.15, 0.2) is 66.7 Å². The number of aryl methyl sites for hydroxylation is 3. The molecule has 3 aromatic carbocycles. The molecule has 3 nitrogen and oxygen atoms in total. The van der Waals surface area contributed by atoms with Gasteiger partial charge in [0.2, 0.25) is 0 Å². The summed E-state index contributed by atoms with van der Waals surface area (Å²) in [7, 11) is 0. The van der Waals surface area contributed by atoms with Crippen LogP contribution < -0.4 is 10.1 Å². The zero-order valence-electron chi connectivity index (χ0n) is 15.4. The highest BCUT2D eigenvalue weighted by Gasteiger charge is 2.07. The Labute approximate surface area is 154 Å². The molecule has 0 bridgehead atoms. The van der Waals surface area contributed by atoms with Gasteiger partial charge in [-0.1, -0.05) is 30.3 Å². The van der Waals surface area contributed by atoms with E-state index in [9.17, 15) is 4.79 Å². The number of carbonyl (C=O) groups is 1. The number of amides is 1. The fourth-order valence-corrected chi connectivity index (χ4v) is 2.65. The van der Waals surface area contributed by atoms with Gasteiger partial charge in [0.15, 0.2) is 0 Å². The van der Waals surface area contributed by atoms with Crippen LogP contribution in [0.4, 0.5) is 5.69 Å². The Morgan fingerprint density at radius 2 is 1.65 bits per heavy atom. The van der Waals surface area contributed by atoms with Crippen LogP contribution >= 0.6 is 0 Å². The molecule has 0 saturated carbocycles. The molecule has 0 aliphatic rings. The van der Waals surface area contributed by atoms with E-state index in [-0.39, 0.29) is 5.91 Å². The molecule has 0 aliphatic heterocycles. The maximum absolute atomic E-state index is 12.4. The van der Waals surface area contributed by atoms with Crippen molar-refractivity contribution < 1.29 is 9.53 Å². The van der Waals surface area contributed by atoms with Crippen molar-refractivity contribution in [3.63, 3.8) is 0 Å². The van der Waals surface area contributed by atoms with Gasteiger partial charge in [-0.15, -0.1) is 0 Å². The molecule has 3 rings (SSSR count). The number of hydrogen-bond acceptors (Lipinski definition) is 2. The molecule has 1 N–H and O–H groups in total. The van der Waals surface area contributed by atoms with E-state index in [4.69, 9.17) is 4.74 Å². The molecule has 0 heterocycles. The third kappa shape index (κ3) is 4.51. The van der Waals surface area contributed by atoms with Crippen molar-refractivity contribution in [3.8, 4) is 5.75 Å². The van der Waals surface area contributed by atoms with Crippen LogP contribution in [-0.4, -0.2) is 5.91 Å². The van der Waals surface area contributed by atoms with E-state index in [1.807, 2.05) is 80.6 Å². The van der Waals surface area contributed by atoms with E-state index in [1.165, 1.54) is 11.1 Å². The first-order valence-corrected chi connectivity index (χ1v) is 8.68. The number of carbonyl (C=O) groups excluding carboxylic acids is 1. The second-order valence-electron chi connectivity index (χ2n) is 6.56. The average molecular weight is 345 g/mol. The van der Waals surface area contributed by atoms with E-state index in [2.05, 4.69) is 12.2 Å². The molecule has 0 aromatic heterocycles. The van der Waals surface area contributed by atoms with Gasteiger partial charge in [0.05, 0.1) is 0 Å². The van der Waals surface area contributed by atoms with Gasteiger partial charge in [-0.25, -0.2) is 0 Å². The molecule has 3 aromatic rings. The highest BCUT2D eigenvalue weighted by Crippen LogP contribution is 2.17. The molecule has 3 heteroatoms. The maximum atomic E-state index is 12.4. The lowest BCUT2D eigenvalue weighted by molar-refractivity contribution is 0.102. The molecule has 132 valence electrons. The quantitative estimate of drug-likeness (QED) is 0.668. The molecule has 0 atom stereocenters. The summed E-state index contributed by atoms with van der Waals surface area (Å²) in [6.07, 6.45) is 0. The topological polar surface area (TPSA) is 38.3 Å². The highest BCUT2D eigenvalue weighted by molar-refractivity contribution is 6.04. The lowest BCUT2D eigenvalue weighted by atomic mass is 10.1. The third-order valence-corrected chi connectivity index (χ3v) is 4.38. The molecule has 0 saturated heterocycles. The van der Waals surface area contributed by atoms with Gasteiger partial charge in [-0.3, -0.25) is 4.79 Å². The Morgan fingerprint density at radius 3 is 2.35 bits per heavy atom. The van der Waals surface area contributed by atoms with Crippen molar-refractivity contribution in [3.05, 3.63) is 94.5 Å². The molecule has 1 amide bonds. The van der Waals surface area contributed by atoms with Crippen LogP contribution in [0.2, 0.25) is 0 Å². The smallest absolute Gasteiger partial charge is 0.255 e. The summed E-state index contributed by atoms with van der Waals surface area (Å²) < 4.78 is 5.79. The van der Waals surface area contributed by atoms with Crippen LogP contribution in [-0.2, 0) is 6.61 Å². The van der Waals surface area contributed by atoms with Gasteiger partial charge in [0, 0.05) is 11.3 Å². The van der Waals surface area contributed by atoms with Crippen molar-refractivity contribution in [2.45, 2.75) is 27.4 Å². The number of benzene rings is 3. The summed E-state index contributed by atoms with van der Waals surface area (Å²) in [6.45, 7) is 6.60. The van der Waals surface area contributed by atoms with E-state index in [0.717, 1.165) is 22.6 Å². The van der Waals surface area contributed by atoms with Gasteiger partial charge in [0.1, 0.15) is 12.4 Å². The highest BCUT2D eigenvalue weighted by atomic mass is 16.5. The summed E-state index contributed by atoms with van der Waals surface area (Å²) in [4.78, 5) is 12.4. The number of nitrogens with one attached hydrogen (secondary N) is 1. The summed E-state index contributed by atoms with van der Waals surface area (Å²) in [5.74, 6) is 0.737. The summed E-state index contributed by atoms with van der Waals surface area (Å²) >= 11 is 0. The van der Waals surface area contributed by atoms with E-state index in [0.29, 0.717) is 12.2 Å². The third-order valence-electron chi connectivity index (χ3n) is 4.38. The second kappa shape index (κ2) is 7.87. The molecule has 26 heavy (non-hydrogen) atoms. The zero-order chi connectivity index (χ0) is 18.5. The van der Waals surface area contributed by atoms with Crippen LogP contribution in [0, 0.1) is 20.8 Å². The Hall–Kier alpha value is -3.07. The number of anilines is 1. The van der Waals surface area contributed by atoms with Crippen LogP contribution in [0.3, 0.4) is 0 Å². The minimum absolute atomic E-state index is 0.112. The lowest BCUT2D eigenvalue weighted by Crippen LogP contribution is -2.12. The van der Waals surface area contributed by atoms with Gasteiger partial charge >= 0.3 is 0 Å². The zero-order valence-corrected chi connectivity index (χ0v) is 15.4. The Bertz CT molecular complexity index is 914.